The van der Waals surface area contributed by atoms with E-state index in [0.29, 0.717) is 6.04 Å². The average molecular weight is 248 g/mol. The van der Waals surface area contributed by atoms with Gasteiger partial charge in [-0.2, -0.15) is 0 Å². The van der Waals surface area contributed by atoms with Gasteiger partial charge in [0.2, 0.25) is 0 Å². The number of hydrogen-bond acceptors (Lipinski definition) is 3. The Morgan fingerprint density at radius 3 is 2.61 bits per heavy atom. The van der Waals surface area contributed by atoms with E-state index in [9.17, 15) is 0 Å². The Hall–Kier alpha value is -1.22. The summed E-state index contributed by atoms with van der Waals surface area (Å²) in [5, 5.41) is 3.60. The van der Waals surface area contributed by atoms with Crippen molar-refractivity contribution in [3.63, 3.8) is 0 Å². The molecule has 1 aliphatic carbocycles. The number of anilines is 1. The van der Waals surface area contributed by atoms with Gasteiger partial charge in [0.1, 0.15) is 5.75 Å². The van der Waals surface area contributed by atoms with Crippen LogP contribution in [0, 0.1) is 13.8 Å². The number of hydrogen-bond donors (Lipinski definition) is 2. The van der Waals surface area contributed by atoms with Crippen molar-refractivity contribution in [1.29, 1.82) is 0 Å². The fourth-order valence-electron chi connectivity index (χ4n) is 2.80. The molecule has 1 aromatic rings. The summed E-state index contributed by atoms with van der Waals surface area (Å²) in [6.45, 7) is 4.21. The highest BCUT2D eigenvalue weighted by atomic mass is 16.5. The van der Waals surface area contributed by atoms with Crippen LogP contribution in [0.25, 0.3) is 0 Å². The third-order valence-corrected chi connectivity index (χ3v) is 3.81. The Bertz CT molecular complexity index is 417. The molecular formula is C15H24N2O. The van der Waals surface area contributed by atoms with Gasteiger partial charge in [0, 0.05) is 12.1 Å². The van der Waals surface area contributed by atoms with Crippen LogP contribution in [0.5, 0.6) is 5.75 Å². The number of benzene rings is 1. The molecule has 0 amide bonds. The highest BCUT2D eigenvalue weighted by Gasteiger charge is 2.23. The third kappa shape index (κ3) is 2.78. The van der Waals surface area contributed by atoms with Crippen LogP contribution >= 0.6 is 0 Å². The standard InChI is InChI=1S/C15H24N2O/c1-10-8-11(2)15(14(9-10)18-3)17-13-7-5-4-6-12(13)16/h8-9,12-13,17H,4-7,16H2,1-3H3. The molecule has 3 heteroatoms. The van der Waals surface area contributed by atoms with Gasteiger partial charge >= 0.3 is 0 Å². The molecule has 1 fully saturated rings. The minimum atomic E-state index is 0.254. The Balaban J connectivity index is 2.22. The molecule has 2 atom stereocenters. The average Bonchev–Trinajstić information content (AvgIpc) is 2.34. The van der Waals surface area contributed by atoms with E-state index in [2.05, 4.69) is 31.3 Å². The fraction of sp³-hybridized carbons (Fsp3) is 0.600. The summed E-state index contributed by atoms with van der Waals surface area (Å²) in [6.07, 6.45) is 4.78. The van der Waals surface area contributed by atoms with Gasteiger partial charge in [0.25, 0.3) is 0 Å². The first-order valence-electron chi connectivity index (χ1n) is 6.79. The fourth-order valence-corrected chi connectivity index (χ4v) is 2.80. The lowest BCUT2D eigenvalue weighted by Gasteiger charge is -2.31. The maximum absolute atomic E-state index is 6.20. The van der Waals surface area contributed by atoms with Gasteiger partial charge in [-0.15, -0.1) is 0 Å². The molecule has 1 aromatic carbocycles. The second kappa shape index (κ2) is 5.61. The van der Waals surface area contributed by atoms with Gasteiger partial charge in [0.15, 0.2) is 0 Å². The van der Waals surface area contributed by atoms with Crippen LogP contribution in [0.1, 0.15) is 36.8 Å². The van der Waals surface area contributed by atoms with E-state index in [4.69, 9.17) is 10.5 Å². The Labute approximate surface area is 110 Å². The molecule has 0 aromatic heterocycles. The molecule has 2 unspecified atom stereocenters. The zero-order valence-electron chi connectivity index (χ0n) is 11.6. The van der Waals surface area contributed by atoms with Gasteiger partial charge < -0.3 is 15.8 Å². The summed E-state index contributed by atoms with van der Waals surface area (Å²) in [4.78, 5) is 0. The van der Waals surface area contributed by atoms with Crippen molar-refractivity contribution in [2.45, 2.75) is 51.6 Å². The SMILES string of the molecule is COc1cc(C)cc(C)c1NC1CCCCC1N. The topological polar surface area (TPSA) is 47.3 Å². The molecular weight excluding hydrogens is 224 g/mol. The molecule has 0 radical (unpaired) electrons. The summed E-state index contributed by atoms with van der Waals surface area (Å²) in [5.74, 6) is 0.922. The van der Waals surface area contributed by atoms with Gasteiger partial charge in [-0.1, -0.05) is 18.9 Å². The van der Waals surface area contributed by atoms with Crippen LogP contribution in [0.2, 0.25) is 0 Å². The van der Waals surface area contributed by atoms with E-state index < -0.39 is 0 Å². The molecule has 18 heavy (non-hydrogen) atoms. The van der Waals surface area contributed by atoms with Gasteiger partial charge in [-0.3, -0.25) is 0 Å². The van der Waals surface area contributed by atoms with E-state index >= 15 is 0 Å². The molecule has 1 saturated carbocycles. The van der Waals surface area contributed by atoms with E-state index in [1.54, 1.807) is 7.11 Å². The van der Waals surface area contributed by atoms with Crippen LogP contribution in [0.15, 0.2) is 12.1 Å². The van der Waals surface area contributed by atoms with Crippen molar-refractivity contribution >= 4 is 5.69 Å². The molecule has 1 aliphatic rings. The number of rotatable bonds is 3. The molecule has 3 N–H and O–H groups in total. The lowest BCUT2D eigenvalue weighted by Crippen LogP contribution is -2.42. The summed E-state index contributed by atoms with van der Waals surface area (Å²) >= 11 is 0. The normalized spacial score (nSPS) is 23.8. The van der Waals surface area contributed by atoms with Crippen molar-refractivity contribution in [2.24, 2.45) is 5.73 Å². The smallest absolute Gasteiger partial charge is 0.142 e. The van der Waals surface area contributed by atoms with Crippen molar-refractivity contribution < 1.29 is 4.74 Å². The number of nitrogens with one attached hydrogen (secondary N) is 1. The van der Waals surface area contributed by atoms with Crippen LogP contribution in [0.3, 0.4) is 0 Å². The minimum absolute atomic E-state index is 0.254. The molecule has 100 valence electrons. The number of nitrogens with two attached hydrogens (primary N) is 1. The first-order chi connectivity index (χ1) is 8.61. The van der Waals surface area contributed by atoms with Gasteiger partial charge in [0.05, 0.1) is 12.8 Å². The number of aryl methyl sites for hydroxylation is 2. The lowest BCUT2D eigenvalue weighted by molar-refractivity contribution is 0.395. The zero-order valence-corrected chi connectivity index (χ0v) is 11.6. The Kier molecular flexibility index (Phi) is 4.12. The lowest BCUT2D eigenvalue weighted by atomic mass is 9.90. The van der Waals surface area contributed by atoms with Crippen molar-refractivity contribution in [3.8, 4) is 5.75 Å². The van der Waals surface area contributed by atoms with E-state index in [0.717, 1.165) is 24.3 Å². The summed E-state index contributed by atoms with van der Waals surface area (Å²) in [6, 6.07) is 4.88. The second-order valence-corrected chi connectivity index (χ2v) is 5.36. The molecule has 0 spiro atoms. The highest BCUT2D eigenvalue weighted by molar-refractivity contribution is 5.63. The quantitative estimate of drug-likeness (QED) is 0.864. The van der Waals surface area contributed by atoms with Crippen molar-refractivity contribution in [2.75, 3.05) is 12.4 Å². The first kappa shape index (κ1) is 13.2. The summed E-state index contributed by atoms with van der Waals surface area (Å²) < 4.78 is 5.48. The summed E-state index contributed by atoms with van der Waals surface area (Å²) in [7, 11) is 1.72. The number of ether oxygens (including phenoxy) is 1. The largest absolute Gasteiger partial charge is 0.495 e. The Morgan fingerprint density at radius 1 is 1.22 bits per heavy atom. The van der Waals surface area contributed by atoms with Crippen molar-refractivity contribution in [1.82, 2.24) is 0 Å². The molecule has 0 heterocycles. The molecule has 3 nitrogen and oxygen atoms in total. The third-order valence-electron chi connectivity index (χ3n) is 3.81. The maximum atomic E-state index is 6.20. The first-order valence-corrected chi connectivity index (χ1v) is 6.79. The predicted molar refractivity (Wildman–Crippen MR) is 76.3 cm³/mol. The van der Waals surface area contributed by atoms with E-state index in [1.165, 1.54) is 24.0 Å². The number of methoxy groups -OCH3 is 1. The minimum Gasteiger partial charge on any atom is -0.495 e. The zero-order chi connectivity index (χ0) is 13.1. The van der Waals surface area contributed by atoms with Gasteiger partial charge in [-0.25, -0.2) is 0 Å². The van der Waals surface area contributed by atoms with Crippen LogP contribution in [-0.2, 0) is 0 Å². The molecule has 0 aliphatic heterocycles. The molecule has 0 bridgehead atoms. The second-order valence-electron chi connectivity index (χ2n) is 5.36. The van der Waals surface area contributed by atoms with E-state index in [1.807, 2.05) is 0 Å². The Morgan fingerprint density at radius 2 is 1.94 bits per heavy atom. The van der Waals surface area contributed by atoms with Crippen LogP contribution in [-0.4, -0.2) is 19.2 Å². The van der Waals surface area contributed by atoms with Crippen LogP contribution in [0.4, 0.5) is 5.69 Å². The van der Waals surface area contributed by atoms with Crippen LogP contribution < -0.4 is 15.8 Å². The highest BCUT2D eigenvalue weighted by Crippen LogP contribution is 2.32. The maximum Gasteiger partial charge on any atom is 0.142 e. The predicted octanol–water partition coefficient (Wildman–Crippen LogP) is 2.99. The molecule has 2 rings (SSSR count). The van der Waals surface area contributed by atoms with Crippen molar-refractivity contribution in [3.05, 3.63) is 23.3 Å². The summed E-state index contributed by atoms with van der Waals surface area (Å²) in [5.41, 5.74) is 9.75. The monoisotopic (exact) mass is 248 g/mol. The molecule has 0 saturated heterocycles. The van der Waals surface area contributed by atoms with Gasteiger partial charge in [-0.05, 0) is 43.9 Å². The van der Waals surface area contributed by atoms with E-state index in [-0.39, 0.29) is 6.04 Å².